The lowest BCUT2D eigenvalue weighted by molar-refractivity contribution is -0.130. The van der Waals surface area contributed by atoms with Crippen LogP contribution in [-0.2, 0) is 9.59 Å². The summed E-state index contributed by atoms with van der Waals surface area (Å²) in [7, 11) is 4.61. The Labute approximate surface area is 245 Å². The highest BCUT2D eigenvalue weighted by molar-refractivity contribution is 7.22. The summed E-state index contributed by atoms with van der Waals surface area (Å²) < 4.78 is 36.5. The van der Waals surface area contributed by atoms with Crippen LogP contribution < -0.4 is 24.3 Å². The van der Waals surface area contributed by atoms with E-state index in [0.717, 1.165) is 21.4 Å². The van der Waals surface area contributed by atoms with E-state index in [-0.39, 0.29) is 12.5 Å². The van der Waals surface area contributed by atoms with Crippen LogP contribution in [-0.4, -0.2) is 55.5 Å². The molecule has 1 aliphatic rings. The van der Waals surface area contributed by atoms with Crippen molar-refractivity contribution in [2.45, 2.75) is 26.3 Å². The molecule has 4 aromatic rings. The molecule has 0 radical (unpaired) electrons. The highest BCUT2D eigenvalue weighted by Gasteiger charge is 2.33. The van der Waals surface area contributed by atoms with Crippen molar-refractivity contribution in [3.05, 3.63) is 71.0 Å². The predicted octanol–water partition coefficient (Wildman–Crippen LogP) is 5.48. The number of anilines is 1. The molecule has 0 fully saturated rings. The van der Waals surface area contributed by atoms with Gasteiger partial charge in [0.25, 0.3) is 5.91 Å². The van der Waals surface area contributed by atoms with E-state index in [1.165, 1.54) is 56.7 Å². The third kappa shape index (κ3) is 5.84. The first kappa shape index (κ1) is 28.8. The second kappa shape index (κ2) is 12.0. The molecule has 10 nitrogen and oxygen atoms in total. The maximum Gasteiger partial charge on any atom is 0.264 e. The Hall–Kier alpha value is -4.71. The number of aromatic nitrogens is 1. The summed E-state index contributed by atoms with van der Waals surface area (Å²) >= 11 is 1.25. The maximum atomic E-state index is 13.5. The molecule has 0 spiro atoms. The fraction of sp³-hybridized carbons (Fsp3) is 0.267. The topological polar surface area (TPSA) is 112 Å². The summed E-state index contributed by atoms with van der Waals surface area (Å²) in [6.07, 6.45) is 0.430. The molecule has 0 bridgehead atoms. The van der Waals surface area contributed by atoms with Gasteiger partial charge in [-0.3, -0.25) is 14.9 Å². The number of benzene rings is 3. The van der Waals surface area contributed by atoms with Gasteiger partial charge in [0.1, 0.15) is 11.6 Å². The van der Waals surface area contributed by atoms with Crippen LogP contribution in [0.4, 0.5) is 9.52 Å². The zero-order valence-electron chi connectivity index (χ0n) is 23.7. The summed E-state index contributed by atoms with van der Waals surface area (Å²) in [4.78, 5) is 29.5. The van der Waals surface area contributed by atoms with E-state index in [2.05, 4.69) is 15.4 Å². The number of fused-ring (bicyclic) bond motifs is 1. The molecule has 42 heavy (non-hydrogen) atoms. The molecule has 2 amide bonds. The van der Waals surface area contributed by atoms with Crippen molar-refractivity contribution < 1.29 is 32.9 Å². The Morgan fingerprint density at radius 1 is 1.02 bits per heavy atom. The van der Waals surface area contributed by atoms with E-state index >= 15 is 0 Å². The van der Waals surface area contributed by atoms with Gasteiger partial charge in [-0.2, -0.15) is 5.10 Å². The van der Waals surface area contributed by atoms with Crippen LogP contribution in [0.3, 0.4) is 0 Å². The third-order valence-corrected chi connectivity index (χ3v) is 7.73. The fourth-order valence-corrected chi connectivity index (χ4v) is 5.58. The van der Waals surface area contributed by atoms with Crippen molar-refractivity contribution >= 4 is 44.2 Å². The molecule has 0 aliphatic carbocycles. The second-order valence-corrected chi connectivity index (χ2v) is 10.6. The quantitative estimate of drug-likeness (QED) is 0.274. The Bertz CT molecular complexity index is 1680. The minimum absolute atomic E-state index is 0.222. The summed E-state index contributed by atoms with van der Waals surface area (Å²) in [6.45, 7) is 3.07. The normalized spacial score (nSPS) is 14.5. The molecule has 0 saturated carbocycles. The molecule has 218 valence electrons. The average Bonchev–Trinajstić information content (AvgIpc) is 3.60. The number of thiazole rings is 1. The number of amides is 2. The summed E-state index contributed by atoms with van der Waals surface area (Å²) in [5.41, 5.74) is 3.49. The molecular weight excluding hydrogens is 563 g/mol. The van der Waals surface area contributed by atoms with E-state index in [4.69, 9.17) is 18.9 Å². The molecule has 0 saturated heterocycles. The highest BCUT2D eigenvalue weighted by atomic mass is 32.1. The van der Waals surface area contributed by atoms with Crippen molar-refractivity contribution in [2.24, 2.45) is 5.10 Å². The van der Waals surface area contributed by atoms with Crippen molar-refractivity contribution in [2.75, 3.05) is 33.3 Å². The number of hydrogen-bond donors (Lipinski definition) is 1. The number of aryl methyl sites for hydroxylation is 1. The molecular formula is C30H29FN4O6S. The first-order valence-corrected chi connectivity index (χ1v) is 13.8. The number of hydrazone groups is 1. The van der Waals surface area contributed by atoms with Crippen molar-refractivity contribution in [1.29, 1.82) is 0 Å². The van der Waals surface area contributed by atoms with Crippen molar-refractivity contribution in [3.63, 3.8) is 0 Å². The largest absolute Gasteiger partial charge is 0.493 e. The third-order valence-electron chi connectivity index (χ3n) is 6.78. The highest BCUT2D eigenvalue weighted by Crippen LogP contribution is 2.41. The summed E-state index contributed by atoms with van der Waals surface area (Å²) in [6, 6.07) is 13.1. The van der Waals surface area contributed by atoms with Crippen LogP contribution >= 0.6 is 11.3 Å². The average molecular weight is 593 g/mol. The van der Waals surface area contributed by atoms with E-state index in [9.17, 15) is 14.0 Å². The lowest BCUT2D eigenvalue weighted by Gasteiger charge is -2.21. The van der Waals surface area contributed by atoms with E-state index in [1.807, 2.05) is 25.1 Å². The molecule has 3 aromatic carbocycles. The summed E-state index contributed by atoms with van der Waals surface area (Å²) in [5.74, 6) is 0.905. The minimum Gasteiger partial charge on any atom is -0.493 e. The Morgan fingerprint density at radius 2 is 1.76 bits per heavy atom. The minimum atomic E-state index is -0.404. The number of methoxy groups -OCH3 is 3. The Balaban J connectivity index is 1.33. The van der Waals surface area contributed by atoms with Crippen LogP contribution in [0.1, 0.15) is 36.1 Å². The maximum absolute atomic E-state index is 13.5. The van der Waals surface area contributed by atoms with Gasteiger partial charge in [0.05, 0.1) is 43.3 Å². The number of nitrogens with zero attached hydrogens (tertiary/aromatic N) is 3. The van der Waals surface area contributed by atoms with Gasteiger partial charge in [-0.05, 0) is 48.4 Å². The monoisotopic (exact) mass is 592 g/mol. The zero-order valence-corrected chi connectivity index (χ0v) is 24.5. The van der Waals surface area contributed by atoms with Crippen LogP contribution in [0.25, 0.3) is 10.2 Å². The number of halogens is 1. The Morgan fingerprint density at radius 3 is 2.43 bits per heavy atom. The first-order chi connectivity index (χ1) is 20.2. The predicted molar refractivity (Wildman–Crippen MR) is 157 cm³/mol. The molecule has 2 heterocycles. The van der Waals surface area contributed by atoms with Crippen LogP contribution in [0.2, 0.25) is 0 Å². The number of carbonyl (C=O) groups is 2. The van der Waals surface area contributed by atoms with Crippen LogP contribution in [0.15, 0.2) is 53.6 Å². The lowest BCUT2D eigenvalue weighted by Crippen LogP contribution is -2.24. The van der Waals surface area contributed by atoms with Gasteiger partial charge in [0, 0.05) is 25.0 Å². The zero-order chi connectivity index (χ0) is 30.0. The van der Waals surface area contributed by atoms with Crippen LogP contribution in [0.5, 0.6) is 23.0 Å². The Kier molecular flexibility index (Phi) is 8.25. The number of nitrogens with one attached hydrogen (secondary N) is 1. The van der Waals surface area contributed by atoms with Crippen molar-refractivity contribution in [1.82, 2.24) is 9.99 Å². The standard InChI is InChI=1S/C30H29FN4O6S/c1-16-6-7-18(10-24(16)41-15-28(37)33-30-32-22-13-20(31)8-9-27(22)42-30)23-14-21(34-35(23)17(2)36)19-11-25(38-3)29(40-5)26(12-19)39-4/h6-13,23H,14-15H2,1-5H3,(H,32,33,37). The molecule has 1 unspecified atom stereocenters. The SMILES string of the molecule is COc1cc(C2=NN(C(C)=O)C(c3ccc(C)c(OCC(=O)Nc4nc5cc(F)ccc5s4)c3)C2)cc(OC)c1OC. The van der Waals surface area contributed by atoms with Gasteiger partial charge in [0.15, 0.2) is 23.2 Å². The first-order valence-electron chi connectivity index (χ1n) is 13.0. The number of ether oxygens (including phenoxy) is 4. The molecule has 12 heteroatoms. The molecule has 1 aromatic heterocycles. The fourth-order valence-electron chi connectivity index (χ4n) is 4.71. The van der Waals surface area contributed by atoms with E-state index < -0.39 is 17.8 Å². The van der Waals surface area contributed by atoms with E-state index in [1.54, 1.807) is 18.2 Å². The van der Waals surface area contributed by atoms with Gasteiger partial charge in [-0.1, -0.05) is 23.5 Å². The second-order valence-electron chi connectivity index (χ2n) is 9.54. The number of hydrogen-bond acceptors (Lipinski definition) is 9. The van der Waals surface area contributed by atoms with Crippen LogP contribution in [0, 0.1) is 12.7 Å². The van der Waals surface area contributed by atoms with E-state index in [0.29, 0.717) is 45.8 Å². The van der Waals surface area contributed by atoms with Gasteiger partial charge >= 0.3 is 0 Å². The smallest absolute Gasteiger partial charge is 0.264 e. The lowest BCUT2D eigenvalue weighted by atomic mass is 9.97. The molecule has 1 N–H and O–H groups in total. The summed E-state index contributed by atoms with van der Waals surface area (Å²) in [5, 5.41) is 9.13. The van der Waals surface area contributed by atoms with Crippen molar-refractivity contribution in [3.8, 4) is 23.0 Å². The number of carbonyl (C=O) groups excluding carboxylic acids is 2. The molecule has 1 aliphatic heterocycles. The number of rotatable bonds is 9. The molecule has 5 rings (SSSR count). The van der Waals surface area contributed by atoms with Gasteiger partial charge in [0.2, 0.25) is 11.7 Å². The van der Waals surface area contributed by atoms with Gasteiger partial charge in [-0.25, -0.2) is 14.4 Å². The molecule has 1 atom stereocenters. The van der Waals surface area contributed by atoms with Gasteiger partial charge < -0.3 is 18.9 Å². The van der Waals surface area contributed by atoms with Gasteiger partial charge in [-0.15, -0.1) is 0 Å².